The number of sulfonamides is 1. The molecular weight excluding hydrogens is 282 g/mol. The first-order chi connectivity index (χ1) is 8.91. The number of hydrogen-bond acceptors (Lipinski definition) is 5. The Hall–Kier alpha value is -1.57. The summed E-state index contributed by atoms with van der Waals surface area (Å²) in [5, 5.41) is 7.03. The van der Waals surface area contributed by atoms with E-state index in [4.69, 9.17) is 5.73 Å². The number of nitrogens with two attached hydrogens (primary N) is 1. The van der Waals surface area contributed by atoms with Crippen molar-refractivity contribution < 1.29 is 8.42 Å². The number of nitrogens with zero attached hydrogens (tertiary/aromatic N) is 1. The van der Waals surface area contributed by atoms with Gasteiger partial charge in [-0.15, -0.1) is 0 Å². The highest BCUT2D eigenvalue weighted by Gasteiger charge is 2.18. The Balaban J connectivity index is 2.32. The minimum Gasteiger partial charge on any atom is -0.397 e. The van der Waals surface area contributed by atoms with Crippen molar-refractivity contribution in [1.29, 1.82) is 0 Å². The second-order valence-electron chi connectivity index (χ2n) is 4.17. The largest absolute Gasteiger partial charge is 0.397 e. The quantitative estimate of drug-likeness (QED) is 0.849. The van der Waals surface area contributed by atoms with E-state index >= 15 is 0 Å². The first-order valence-electron chi connectivity index (χ1n) is 5.52. The topological polar surface area (TPSA) is 75.4 Å². The Morgan fingerprint density at radius 1 is 1.26 bits per heavy atom. The molecule has 0 unspecified atom stereocenters. The van der Waals surface area contributed by atoms with Gasteiger partial charge in [0.1, 0.15) is 0 Å². The lowest BCUT2D eigenvalue weighted by atomic mass is 10.2. The Morgan fingerprint density at radius 3 is 2.53 bits per heavy atom. The van der Waals surface area contributed by atoms with Crippen LogP contribution < -0.4 is 11.1 Å². The van der Waals surface area contributed by atoms with E-state index in [2.05, 4.69) is 5.32 Å². The zero-order valence-corrected chi connectivity index (χ0v) is 12.3. The van der Waals surface area contributed by atoms with Gasteiger partial charge in [0, 0.05) is 25.2 Å². The molecule has 5 nitrogen and oxygen atoms in total. The molecule has 0 aliphatic rings. The molecule has 0 saturated heterocycles. The van der Waals surface area contributed by atoms with Crippen LogP contribution in [0.5, 0.6) is 0 Å². The highest BCUT2D eigenvalue weighted by Crippen LogP contribution is 2.27. The molecule has 1 heterocycles. The molecule has 2 aromatic rings. The van der Waals surface area contributed by atoms with Crippen LogP contribution in [0.3, 0.4) is 0 Å². The summed E-state index contributed by atoms with van der Waals surface area (Å²) in [7, 11) is -0.472. The zero-order chi connectivity index (χ0) is 14.0. The maximum Gasteiger partial charge on any atom is 0.242 e. The van der Waals surface area contributed by atoms with Crippen LogP contribution in [-0.2, 0) is 10.0 Å². The van der Waals surface area contributed by atoms with Crippen molar-refractivity contribution in [2.45, 2.75) is 4.90 Å². The fraction of sp³-hybridized carbons (Fsp3) is 0.167. The molecule has 0 saturated carbocycles. The lowest BCUT2D eigenvalue weighted by Crippen LogP contribution is -2.22. The van der Waals surface area contributed by atoms with Gasteiger partial charge in [-0.25, -0.2) is 12.7 Å². The second kappa shape index (κ2) is 5.20. The fourth-order valence-corrected chi connectivity index (χ4v) is 3.04. The standard InChI is InChI=1S/C12H15N3O2S2/c1-15(2)19(16,17)10-3-4-12(11(13)7-10)14-9-5-6-18-8-9/h3-8,14H,13H2,1-2H3. The van der Waals surface area contributed by atoms with Gasteiger partial charge in [-0.1, -0.05) is 0 Å². The van der Waals surface area contributed by atoms with E-state index < -0.39 is 10.0 Å². The predicted molar refractivity (Wildman–Crippen MR) is 79.3 cm³/mol. The van der Waals surface area contributed by atoms with Gasteiger partial charge >= 0.3 is 0 Å². The van der Waals surface area contributed by atoms with Gasteiger partial charge < -0.3 is 11.1 Å². The fourth-order valence-electron chi connectivity index (χ4n) is 1.52. The van der Waals surface area contributed by atoms with Crippen LogP contribution in [0.25, 0.3) is 0 Å². The van der Waals surface area contributed by atoms with Gasteiger partial charge in [-0.3, -0.25) is 0 Å². The number of nitrogens with one attached hydrogen (secondary N) is 1. The molecule has 0 bridgehead atoms. The van der Waals surface area contributed by atoms with Crippen LogP contribution in [0.1, 0.15) is 0 Å². The lowest BCUT2D eigenvalue weighted by molar-refractivity contribution is 0.521. The first kappa shape index (κ1) is 13.9. The van der Waals surface area contributed by atoms with E-state index in [9.17, 15) is 8.42 Å². The number of benzene rings is 1. The minimum absolute atomic E-state index is 0.186. The number of thiophene rings is 1. The van der Waals surface area contributed by atoms with Crippen molar-refractivity contribution in [2.24, 2.45) is 0 Å². The summed E-state index contributed by atoms with van der Waals surface area (Å²) in [6.07, 6.45) is 0. The van der Waals surface area contributed by atoms with Crippen molar-refractivity contribution in [3.05, 3.63) is 35.0 Å². The van der Waals surface area contributed by atoms with E-state index in [1.807, 2.05) is 16.8 Å². The number of hydrogen-bond donors (Lipinski definition) is 2. The summed E-state index contributed by atoms with van der Waals surface area (Å²) in [6.45, 7) is 0. The molecule has 1 aromatic heterocycles. The molecule has 2 rings (SSSR count). The summed E-state index contributed by atoms with van der Waals surface area (Å²) < 4.78 is 25.1. The van der Waals surface area contributed by atoms with Crippen LogP contribution >= 0.6 is 11.3 Å². The molecule has 1 aromatic carbocycles. The summed E-state index contributed by atoms with van der Waals surface area (Å²) in [6, 6.07) is 6.60. The van der Waals surface area contributed by atoms with Crippen molar-refractivity contribution in [1.82, 2.24) is 4.31 Å². The zero-order valence-electron chi connectivity index (χ0n) is 10.6. The van der Waals surface area contributed by atoms with E-state index in [1.165, 1.54) is 20.2 Å². The third-order valence-electron chi connectivity index (χ3n) is 2.60. The number of nitrogen functional groups attached to an aromatic ring is 1. The molecular formula is C12H15N3O2S2. The molecule has 0 aliphatic carbocycles. The Bertz CT molecular complexity index is 664. The average Bonchev–Trinajstić information content (AvgIpc) is 2.84. The van der Waals surface area contributed by atoms with E-state index in [1.54, 1.807) is 23.5 Å². The lowest BCUT2D eigenvalue weighted by Gasteiger charge is -2.13. The molecule has 0 atom stereocenters. The van der Waals surface area contributed by atoms with Gasteiger partial charge in [0.15, 0.2) is 0 Å². The monoisotopic (exact) mass is 297 g/mol. The molecule has 0 radical (unpaired) electrons. The SMILES string of the molecule is CN(C)S(=O)(=O)c1ccc(Nc2ccsc2)c(N)c1. The molecule has 0 amide bonds. The molecule has 0 aliphatic heterocycles. The summed E-state index contributed by atoms with van der Waals surface area (Å²) >= 11 is 1.57. The molecule has 7 heteroatoms. The maximum atomic E-state index is 12.0. The Morgan fingerprint density at radius 2 is 2.00 bits per heavy atom. The van der Waals surface area contributed by atoms with Crippen molar-refractivity contribution in [2.75, 3.05) is 25.1 Å². The third kappa shape index (κ3) is 2.89. The van der Waals surface area contributed by atoms with Crippen molar-refractivity contribution >= 4 is 38.4 Å². The van der Waals surface area contributed by atoms with Gasteiger partial charge in [0.05, 0.1) is 16.3 Å². The minimum atomic E-state index is -3.45. The van der Waals surface area contributed by atoms with Crippen LogP contribution in [-0.4, -0.2) is 26.8 Å². The maximum absolute atomic E-state index is 12.0. The smallest absolute Gasteiger partial charge is 0.242 e. The molecule has 102 valence electrons. The Labute approximate surface area is 116 Å². The van der Waals surface area contributed by atoms with E-state index in [-0.39, 0.29) is 4.90 Å². The van der Waals surface area contributed by atoms with Crippen LogP contribution in [0.4, 0.5) is 17.1 Å². The highest BCUT2D eigenvalue weighted by atomic mass is 32.2. The van der Waals surface area contributed by atoms with Crippen LogP contribution in [0, 0.1) is 0 Å². The Kier molecular flexibility index (Phi) is 3.79. The normalized spacial score (nSPS) is 11.7. The molecule has 0 spiro atoms. The van der Waals surface area contributed by atoms with Crippen molar-refractivity contribution in [3.63, 3.8) is 0 Å². The second-order valence-corrected chi connectivity index (χ2v) is 7.11. The molecule has 3 N–H and O–H groups in total. The predicted octanol–water partition coefficient (Wildman–Crippen LogP) is 2.32. The average molecular weight is 297 g/mol. The first-order valence-corrected chi connectivity index (χ1v) is 7.91. The van der Waals surface area contributed by atoms with Gasteiger partial charge in [0.25, 0.3) is 0 Å². The van der Waals surface area contributed by atoms with E-state index in [0.29, 0.717) is 11.4 Å². The van der Waals surface area contributed by atoms with Crippen molar-refractivity contribution in [3.8, 4) is 0 Å². The molecule has 19 heavy (non-hydrogen) atoms. The molecule has 0 fully saturated rings. The van der Waals surface area contributed by atoms with Gasteiger partial charge in [0.2, 0.25) is 10.0 Å². The van der Waals surface area contributed by atoms with Crippen LogP contribution in [0.15, 0.2) is 39.9 Å². The summed E-state index contributed by atoms with van der Waals surface area (Å²) in [5.41, 5.74) is 7.91. The van der Waals surface area contributed by atoms with Gasteiger partial charge in [-0.2, -0.15) is 11.3 Å². The number of rotatable bonds is 4. The summed E-state index contributed by atoms with van der Waals surface area (Å²) in [5.74, 6) is 0. The van der Waals surface area contributed by atoms with Crippen LogP contribution in [0.2, 0.25) is 0 Å². The number of anilines is 3. The van der Waals surface area contributed by atoms with E-state index in [0.717, 1.165) is 9.99 Å². The third-order valence-corrected chi connectivity index (χ3v) is 5.10. The highest BCUT2D eigenvalue weighted by molar-refractivity contribution is 7.89. The van der Waals surface area contributed by atoms with Gasteiger partial charge in [-0.05, 0) is 29.6 Å². The summed E-state index contributed by atoms with van der Waals surface area (Å²) in [4.78, 5) is 0.186.